The van der Waals surface area contributed by atoms with Gasteiger partial charge in [0.15, 0.2) is 5.11 Å². The van der Waals surface area contributed by atoms with Crippen molar-refractivity contribution in [2.75, 3.05) is 17.2 Å². The molecule has 2 aromatic rings. The Morgan fingerprint density at radius 3 is 2.74 bits per heavy atom. The lowest BCUT2D eigenvalue weighted by atomic mass is 9.94. The smallest absolute Gasteiger partial charge is 0.341 e. The molecule has 0 aliphatic carbocycles. The number of rotatable bonds is 5. The van der Waals surface area contributed by atoms with Crippen molar-refractivity contribution >= 4 is 45.3 Å². The minimum atomic E-state index is -0.315. The molecule has 0 saturated heterocycles. The molecular formula is C20H24N2O3S2. The summed E-state index contributed by atoms with van der Waals surface area (Å²) < 4.78 is 11.3. The van der Waals surface area contributed by atoms with Crippen molar-refractivity contribution in [3.63, 3.8) is 0 Å². The lowest BCUT2D eigenvalue weighted by molar-refractivity contribution is 0.00124. The number of hydrogen-bond acceptors (Lipinski definition) is 5. The molecule has 1 aromatic heterocycles. The van der Waals surface area contributed by atoms with Crippen molar-refractivity contribution in [2.45, 2.75) is 39.9 Å². The number of benzene rings is 1. The van der Waals surface area contributed by atoms with E-state index in [0.29, 0.717) is 41.2 Å². The van der Waals surface area contributed by atoms with Gasteiger partial charge in [0.25, 0.3) is 0 Å². The molecule has 27 heavy (non-hydrogen) atoms. The van der Waals surface area contributed by atoms with E-state index in [1.807, 2.05) is 37.3 Å². The van der Waals surface area contributed by atoms with Gasteiger partial charge in [-0.1, -0.05) is 32.0 Å². The Bertz CT molecular complexity index is 818. The first-order valence-electron chi connectivity index (χ1n) is 9.05. The molecule has 0 saturated carbocycles. The number of anilines is 2. The van der Waals surface area contributed by atoms with E-state index in [2.05, 4.69) is 24.5 Å². The van der Waals surface area contributed by atoms with E-state index in [-0.39, 0.29) is 12.1 Å². The molecule has 0 amide bonds. The van der Waals surface area contributed by atoms with Gasteiger partial charge in [-0.2, -0.15) is 0 Å². The lowest BCUT2D eigenvalue weighted by Gasteiger charge is -2.26. The first-order valence-corrected chi connectivity index (χ1v) is 10.3. The Labute approximate surface area is 169 Å². The van der Waals surface area contributed by atoms with Gasteiger partial charge in [0.2, 0.25) is 0 Å². The van der Waals surface area contributed by atoms with Crippen LogP contribution < -0.4 is 10.6 Å². The summed E-state index contributed by atoms with van der Waals surface area (Å²) in [7, 11) is 0. The van der Waals surface area contributed by atoms with E-state index < -0.39 is 0 Å². The normalized spacial score (nSPS) is 15.9. The van der Waals surface area contributed by atoms with Crippen LogP contribution in [0.1, 0.15) is 41.6 Å². The minimum Gasteiger partial charge on any atom is -0.462 e. The van der Waals surface area contributed by atoms with Crippen molar-refractivity contribution in [3.05, 3.63) is 46.3 Å². The van der Waals surface area contributed by atoms with Crippen LogP contribution in [0.3, 0.4) is 0 Å². The van der Waals surface area contributed by atoms with Gasteiger partial charge in [0.1, 0.15) is 5.00 Å². The lowest BCUT2D eigenvalue weighted by Crippen LogP contribution is -2.27. The number of carbonyl (C=O) groups is 1. The van der Waals surface area contributed by atoms with Crippen molar-refractivity contribution in [2.24, 2.45) is 5.92 Å². The summed E-state index contributed by atoms with van der Waals surface area (Å²) in [5.41, 5.74) is 2.49. The fraction of sp³-hybridized carbons (Fsp3) is 0.400. The second-order valence-corrected chi connectivity index (χ2v) is 8.18. The van der Waals surface area contributed by atoms with E-state index in [0.717, 1.165) is 16.1 Å². The molecule has 1 aromatic carbocycles. The maximum atomic E-state index is 12.7. The number of ether oxygens (including phenoxy) is 2. The Kier molecular flexibility index (Phi) is 6.46. The Hall–Kier alpha value is -1.96. The zero-order valence-corrected chi connectivity index (χ0v) is 17.3. The molecule has 0 fully saturated rings. The Morgan fingerprint density at radius 1 is 1.33 bits per heavy atom. The van der Waals surface area contributed by atoms with E-state index in [1.54, 1.807) is 0 Å². The Morgan fingerprint density at radius 2 is 2.07 bits per heavy atom. The molecule has 1 aliphatic heterocycles. The number of hydrogen-bond donors (Lipinski definition) is 2. The molecule has 2 heterocycles. The average Bonchev–Trinajstić information content (AvgIpc) is 2.99. The van der Waals surface area contributed by atoms with Crippen molar-refractivity contribution in [1.29, 1.82) is 0 Å². The minimum absolute atomic E-state index is 0.0996. The van der Waals surface area contributed by atoms with Crippen LogP contribution in [0.4, 0.5) is 10.7 Å². The molecule has 1 aliphatic rings. The van der Waals surface area contributed by atoms with E-state index >= 15 is 0 Å². The van der Waals surface area contributed by atoms with Crippen LogP contribution in [0.25, 0.3) is 0 Å². The zero-order valence-electron chi connectivity index (χ0n) is 15.7. The number of nitrogens with one attached hydrogen (secondary N) is 2. The van der Waals surface area contributed by atoms with Crippen molar-refractivity contribution < 1.29 is 14.3 Å². The molecule has 7 heteroatoms. The molecule has 2 N–H and O–H groups in total. The zero-order chi connectivity index (χ0) is 19.4. The standard InChI is InChI=1S/C20H24N2O3S2/c1-4-24-19(23)17-14-10-15(12(2)3)25-11-16(14)27-18(17)22-20(26)21-13-8-6-5-7-9-13/h5-9,12,15H,4,10-11H2,1-3H3,(H2,21,22,26)/t15-/m1/s1. The predicted molar refractivity (Wildman–Crippen MR) is 114 cm³/mol. The number of thiocarbonyl (C=S) groups is 1. The summed E-state index contributed by atoms with van der Waals surface area (Å²) in [6.45, 7) is 6.91. The number of carbonyl (C=O) groups excluding carboxylic acids is 1. The highest BCUT2D eigenvalue weighted by atomic mass is 32.1. The maximum absolute atomic E-state index is 12.7. The highest BCUT2D eigenvalue weighted by Crippen LogP contribution is 2.39. The fourth-order valence-corrected chi connectivity index (χ4v) is 4.44. The summed E-state index contributed by atoms with van der Waals surface area (Å²) in [5, 5.41) is 7.47. The van der Waals surface area contributed by atoms with E-state index in [9.17, 15) is 4.79 Å². The quantitative estimate of drug-likeness (QED) is 0.550. The largest absolute Gasteiger partial charge is 0.462 e. The molecule has 5 nitrogen and oxygen atoms in total. The van der Waals surface area contributed by atoms with Crippen LogP contribution in [-0.4, -0.2) is 23.8 Å². The van der Waals surface area contributed by atoms with Gasteiger partial charge in [0, 0.05) is 17.0 Å². The summed E-state index contributed by atoms with van der Waals surface area (Å²) in [4.78, 5) is 13.7. The molecule has 0 bridgehead atoms. The van der Waals surface area contributed by atoms with Gasteiger partial charge < -0.3 is 20.1 Å². The van der Waals surface area contributed by atoms with Crippen LogP contribution in [0.15, 0.2) is 30.3 Å². The molecule has 1 atom stereocenters. The third-order valence-corrected chi connectivity index (χ3v) is 5.73. The molecule has 0 spiro atoms. The van der Waals surface area contributed by atoms with E-state index in [1.165, 1.54) is 11.3 Å². The highest BCUT2D eigenvalue weighted by Gasteiger charge is 2.31. The van der Waals surface area contributed by atoms with Crippen LogP contribution in [0.2, 0.25) is 0 Å². The van der Waals surface area contributed by atoms with Crippen LogP contribution >= 0.6 is 23.6 Å². The van der Waals surface area contributed by atoms with Gasteiger partial charge >= 0.3 is 5.97 Å². The molecule has 0 radical (unpaired) electrons. The molecule has 3 rings (SSSR count). The van der Waals surface area contributed by atoms with Gasteiger partial charge in [-0.3, -0.25) is 0 Å². The summed E-state index contributed by atoms with van der Waals surface area (Å²) in [6, 6.07) is 9.67. The second kappa shape index (κ2) is 8.82. The monoisotopic (exact) mass is 404 g/mol. The molecule has 144 valence electrons. The summed E-state index contributed by atoms with van der Waals surface area (Å²) >= 11 is 6.94. The Balaban J connectivity index is 1.86. The third-order valence-electron chi connectivity index (χ3n) is 4.41. The predicted octanol–water partition coefficient (Wildman–Crippen LogP) is 4.83. The highest BCUT2D eigenvalue weighted by molar-refractivity contribution is 7.80. The van der Waals surface area contributed by atoms with Crippen molar-refractivity contribution in [1.82, 2.24) is 0 Å². The summed E-state index contributed by atoms with van der Waals surface area (Å²) in [5.74, 6) is 0.0646. The van der Waals surface area contributed by atoms with Crippen molar-refractivity contribution in [3.8, 4) is 0 Å². The number of para-hydroxylation sites is 1. The first-order chi connectivity index (χ1) is 13.0. The van der Waals surface area contributed by atoms with Gasteiger partial charge in [-0.05, 0) is 42.8 Å². The van der Waals surface area contributed by atoms with Gasteiger partial charge in [-0.15, -0.1) is 11.3 Å². The second-order valence-electron chi connectivity index (χ2n) is 6.67. The molecular weight excluding hydrogens is 380 g/mol. The van der Waals surface area contributed by atoms with Crippen LogP contribution in [0.5, 0.6) is 0 Å². The topological polar surface area (TPSA) is 59.6 Å². The first kappa shape index (κ1) is 19.8. The van der Waals surface area contributed by atoms with Gasteiger partial charge in [0.05, 0.1) is 24.9 Å². The maximum Gasteiger partial charge on any atom is 0.341 e. The average molecular weight is 405 g/mol. The number of esters is 1. The SMILES string of the molecule is CCOC(=O)c1c(NC(=S)Nc2ccccc2)sc2c1C[C@H](C(C)C)OC2. The number of thiophene rings is 1. The number of fused-ring (bicyclic) bond motifs is 1. The van der Waals surface area contributed by atoms with Crippen LogP contribution in [0, 0.1) is 5.92 Å². The fourth-order valence-electron chi connectivity index (χ4n) is 3.01. The van der Waals surface area contributed by atoms with Crippen LogP contribution in [-0.2, 0) is 22.5 Å². The molecule has 0 unspecified atom stereocenters. The third kappa shape index (κ3) is 4.66. The summed E-state index contributed by atoms with van der Waals surface area (Å²) in [6.07, 6.45) is 0.806. The van der Waals surface area contributed by atoms with Gasteiger partial charge in [-0.25, -0.2) is 4.79 Å². The van der Waals surface area contributed by atoms with E-state index in [4.69, 9.17) is 21.7 Å².